The number of urea groups is 1. The fraction of sp³-hybridized carbons (Fsp3) is 0.933. The first kappa shape index (κ1) is 15.6. The summed E-state index contributed by atoms with van der Waals surface area (Å²) in [6.45, 7) is 8.95. The summed E-state index contributed by atoms with van der Waals surface area (Å²) in [5.41, 5.74) is -0.558. The number of ether oxygens (including phenoxy) is 1. The Morgan fingerprint density at radius 1 is 1.50 bits per heavy atom. The highest BCUT2D eigenvalue weighted by atomic mass is 16.5. The molecule has 0 bridgehead atoms. The first-order chi connectivity index (χ1) is 9.34. The maximum atomic E-state index is 12.2. The van der Waals surface area contributed by atoms with E-state index in [-0.39, 0.29) is 30.2 Å². The van der Waals surface area contributed by atoms with Crippen LogP contribution in [0.1, 0.15) is 47.0 Å². The number of aliphatic hydroxyl groups is 1. The van der Waals surface area contributed by atoms with Gasteiger partial charge in [0.1, 0.15) is 0 Å². The molecule has 4 atom stereocenters. The second-order valence-corrected chi connectivity index (χ2v) is 7.11. The highest BCUT2D eigenvalue weighted by Gasteiger charge is 2.59. The lowest BCUT2D eigenvalue weighted by Crippen LogP contribution is -2.68. The molecule has 2 rings (SSSR count). The molecule has 4 unspecified atom stereocenters. The average molecular weight is 284 g/mol. The van der Waals surface area contributed by atoms with E-state index in [9.17, 15) is 9.90 Å². The molecule has 0 aromatic carbocycles. The number of carbonyl (C=O) groups is 1. The van der Waals surface area contributed by atoms with Gasteiger partial charge >= 0.3 is 6.03 Å². The molecular formula is C15H28N2O3. The smallest absolute Gasteiger partial charge is 0.315 e. The zero-order chi connectivity index (χ0) is 15.0. The molecule has 1 saturated heterocycles. The minimum absolute atomic E-state index is 0.0150. The summed E-state index contributed by atoms with van der Waals surface area (Å²) < 4.78 is 5.73. The number of amides is 2. The molecule has 1 heterocycles. The topological polar surface area (TPSA) is 70.6 Å². The number of rotatable bonds is 5. The first-order valence-electron chi connectivity index (χ1n) is 7.65. The summed E-state index contributed by atoms with van der Waals surface area (Å²) in [6, 6.07) is -0.0296. The van der Waals surface area contributed by atoms with Crippen molar-refractivity contribution in [1.82, 2.24) is 10.6 Å². The zero-order valence-electron chi connectivity index (χ0n) is 13.0. The van der Waals surface area contributed by atoms with Crippen molar-refractivity contribution in [1.29, 1.82) is 0 Å². The first-order valence-corrected chi connectivity index (χ1v) is 7.65. The number of hydrogen-bond acceptors (Lipinski definition) is 3. The van der Waals surface area contributed by atoms with E-state index in [1.807, 2.05) is 13.8 Å². The van der Waals surface area contributed by atoms with Crippen molar-refractivity contribution in [2.24, 2.45) is 11.3 Å². The summed E-state index contributed by atoms with van der Waals surface area (Å²) in [7, 11) is 0. The molecule has 0 spiro atoms. The third kappa shape index (κ3) is 2.66. The number of carbonyl (C=O) groups excluding carboxylic acids is 1. The van der Waals surface area contributed by atoms with Gasteiger partial charge in [-0.25, -0.2) is 4.79 Å². The Hall–Kier alpha value is -0.810. The highest BCUT2D eigenvalue weighted by molar-refractivity contribution is 5.75. The van der Waals surface area contributed by atoms with Gasteiger partial charge in [0.25, 0.3) is 0 Å². The van der Waals surface area contributed by atoms with Crippen LogP contribution in [0.25, 0.3) is 0 Å². The molecule has 5 nitrogen and oxygen atoms in total. The standard InChI is InChI=1S/C15H28N2O3/c1-5-7-15(4,9-18)17-13(19)16-11-10-6-8-20-12(10)14(11,2)3/h10-12,18H,5-9H2,1-4H3,(H2,16,17,19). The summed E-state index contributed by atoms with van der Waals surface area (Å²) in [5.74, 6) is 0.433. The summed E-state index contributed by atoms with van der Waals surface area (Å²) >= 11 is 0. The molecule has 2 amide bonds. The maximum Gasteiger partial charge on any atom is 0.315 e. The van der Waals surface area contributed by atoms with Crippen molar-refractivity contribution in [2.45, 2.75) is 64.6 Å². The normalized spacial score (nSPS) is 33.8. The number of aliphatic hydroxyl groups excluding tert-OH is 1. The molecule has 0 aromatic heterocycles. The summed E-state index contributed by atoms with van der Waals surface area (Å²) in [4.78, 5) is 12.2. The van der Waals surface area contributed by atoms with E-state index in [0.29, 0.717) is 5.92 Å². The van der Waals surface area contributed by atoms with E-state index in [0.717, 1.165) is 25.9 Å². The van der Waals surface area contributed by atoms with Crippen LogP contribution in [-0.4, -0.2) is 42.0 Å². The van der Waals surface area contributed by atoms with Gasteiger partial charge in [0.15, 0.2) is 0 Å². The molecule has 20 heavy (non-hydrogen) atoms. The SMILES string of the molecule is CCCC(C)(CO)NC(=O)NC1C2CCOC2C1(C)C. The largest absolute Gasteiger partial charge is 0.394 e. The average Bonchev–Trinajstić information content (AvgIpc) is 2.83. The van der Waals surface area contributed by atoms with Gasteiger partial charge in [-0.1, -0.05) is 27.2 Å². The molecule has 1 aliphatic heterocycles. The fourth-order valence-corrected chi connectivity index (χ4v) is 3.80. The molecule has 116 valence electrons. The quantitative estimate of drug-likeness (QED) is 0.719. The molecule has 1 saturated carbocycles. The fourth-order valence-electron chi connectivity index (χ4n) is 3.80. The van der Waals surface area contributed by atoms with Crippen molar-refractivity contribution in [3.63, 3.8) is 0 Å². The molecule has 2 aliphatic rings. The third-order valence-electron chi connectivity index (χ3n) is 4.95. The lowest BCUT2D eigenvalue weighted by molar-refractivity contribution is -0.108. The van der Waals surface area contributed by atoms with Crippen LogP contribution < -0.4 is 10.6 Å². The van der Waals surface area contributed by atoms with Crippen molar-refractivity contribution in [3.05, 3.63) is 0 Å². The van der Waals surface area contributed by atoms with E-state index in [1.54, 1.807) is 0 Å². The van der Waals surface area contributed by atoms with E-state index < -0.39 is 5.54 Å². The summed E-state index contributed by atoms with van der Waals surface area (Å²) in [6.07, 6.45) is 2.98. The Morgan fingerprint density at radius 3 is 2.80 bits per heavy atom. The predicted octanol–water partition coefficient (Wildman–Crippen LogP) is 1.65. The van der Waals surface area contributed by atoms with Crippen LogP contribution in [0.4, 0.5) is 4.79 Å². The van der Waals surface area contributed by atoms with Gasteiger partial charge in [0.2, 0.25) is 0 Å². The maximum absolute atomic E-state index is 12.2. The lowest BCUT2D eigenvalue weighted by Gasteiger charge is -2.54. The van der Waals surface area contributed by atoms with Gasteiger partial charge < -0.3 is 20.5 Å². The van der Waals surface area contributed by atoms with Crippen LogP contribution in [-0.2, 0) is 4.74 Å². The summed E-state index contributed by atoms with van der Waals surface area (Å²) in [5, 5.41) is 15.5. The zero-order valence-corrected chi connectivity index (χ0v) is 13.0. The Kier molecular flexibility index (Phi) is 4.30. The van der Waals surface area contributed by atoms with Crippen LogP contribution in [0.3, 0.4) is 0 Å². The number of hydrogen-bond donors (Lipinski definition) is 3. The van der Waals surface area contributed by atoms with Crippen LogP contribution in [0.5, 0.6) is 0 Å². The molecule has 0 radical (unpaired) electrons. The monoisotopic (exact) mass is 284 g/mol. The third-order valence-corrected chi connectivity index (χ3v) is 4.95. The van der Waals surface area contributed by atoms with Crippen molar-refractivity contribution < 1.29 is 14.6 Å². The van der Waals surface area contributed by atoms with Gasteiger partial charge in [-0.3, -0.25) is 0 Å². The van der Waals surface area contributed by atoms with Gasteiger partial charge in [0.05, 0.1) is 18.2 Å². The number of fused-ring (bicyclic) bond motifs is 1. The minimum Gasteiger partial charge on any atom is -0.394 e. The van der Waals surface area contributed by atoms with Crippen LogP contribution in [0.2, 0.25) is 0 Å². The van der Waals surface area contributed by atoms with Gasteiger partial charge in [0, 0.05) is 24.0 Å². The molecule has 2 fully saturated rings. The second kappa shape index (κ2) is 5.53. The van der Waals surface area contributed by atoms with Crippen molar-refractivity contribution in [2.75, 3.05) is 13.2 Å². The molecular weight excluding hydrogens is 256 g/mol. The minimum atomic E-state index is -0.543. The van der Waals surface area contributed by atoms with Crippen molar-refractivity contribution >= 4 is 6.03 Å². The lowest BCUT2D eigenvalue weighted by atomic mass is 9.57. The van der Waals surface area contributed by atoms with E-state index >= 15 is 0 Å². The van der Waals surface area contributed by atoms with Crippen LogP contribution >= 0.6 is 0 Å². The molecule has 1 aliphatic carbocycles. The Morgan fingerprint density at radius 2 is 2.20 bits per heavy atom. The van der Waals surface area contributed by atoms with Gasteiger partial charge in [-0.05, 0) is 19.8 Å². The highest BCUT2D eigenvalue weighted by Crippen LogP contribution is 2.52. The van der Waals surface area contributed by atoms with E-state index in [2.05, 4.69) is 24.5 Å². The number of nitrogens with one attached hydrogen (secondary N) is 2. The molecule has 0 aromatic rings. The van der Waals surface area contributed by atoms with E-state index in [1.165, 1.54) is 0 Å². The van der Waals surface area contributed by atoms with Gasteiger partial charge in [-0.2, -0.15) is 0 Å². The second-order valence-electron chi connectivity index (χ2n) is 7.11. The molecule has 3 N–H and O–H groups in total. The Bertz CT molecular complexity index is 372. The predicted molar refractivity (Wildman–Crippen MR) is 77.5 cm³/mol. The van der Waals surface area contributed by atoms with Crippen molar-refractivity contribution in [3.8, 4) is 0 Å². The van der Waals surface area contributed by atoms with Crippen LogP contribution in [0, 0.1) is 11.3 Å². The molecule has 5 heteroatoms. The van der Waals surface area contributed by atoms with Crippen LogP contribution in [0.15, 0.2) is 0 Å². The Balaban J connectivity index is 1.92. The Labute approximate surface area is 121 Å². The van der Waals surface area contributed by atoms with E-state index in [4.69, 9.17) is 4.74 Å². The van der Waals surface area contributed by atoms with Gasteiger partial charge in [-0.15, -0.1) is 0 Å².